The molecule has 3 aliphatic rings. The molecule has 0 unspecified atom stereocenters. The predicted molar refractivity (Wildman–Crippen MR) is 98.2 cm³/mol. The quantitative estimate of drug-likeness (QED) is 0.596. The van der Waals surface area contributed by atoms with E-state index >= 15 is 0 Å². The number of amides is 2. The van der Waals surface area contributed by atoms with Crippen LogP contribution in [-0.2, 0) is 9.59 Å². The molecule has 4 nitrogen and oxygen atoms in total. The van der Waals surface area contributed by atoms with Crippen molar-refractivity contribution in [3.05, 3.63) is 65.7 Å². The van der Waals surface area contributed by atoms with Crippen molar-refractivity contribution in [2.75, 3.05) is 4.90 Å². The van der Waals surface area contributed by atoms with E-state index in [1.165, 1.54) is 4.90 Å². The molecular formula is C21H16ClNO3. The summed E-state index contributed by atoms with van der Waals surface area (Å²) >= 11 is 5.87. The second-order valence-electron chi connectivity index (χ2n) is 7.06. The highest BCUT2D eigenvalue weighted by atomic mass is 35.5. The van der Waals surface area contributed by atoms with Gasteiger partial charge in [0, 0.05) is 5.02 Å². The summed E-state index contributed by atoms with van der Waals surface area (Å²) in [5, 5.41) is 0.646. The molecule has 0 spiro atoms. The Kier molecular flexibility index (Phi) is 3.44. The highest BCUT2D eigenvalue weighted by Gasteiger charge is 2.59. The van der Waals surface area contributed by atoms with E-state index < -0.39 is 0 Å². The third kappa shape index (κ3) is 2.29. The molecule has 2 amide bonds. The van der Waals surface area contributed by atoms with Crippen molar-refractivity contribution in [3.8, 4) is 11.5 Å². The lowest BCUT2D eigenvalue weighted by molar-refractivity contribution is -0.123. The normalized spacial score (nSPS) is 28.7. The summed E-state index contributed by atoms with van der Waals surface area (Å²) < 4.78 is 5.77. The van der Waals surface area contributed by atoms with E-state index in [4.69, 9.17) is 16.3 Å². The number of benzene rings is 2. The molecule has 2 fully saturated rings. The van der Waals surface area contributed by atoms with E-state index in [-0.39, 0.29) is 35.5 Å². The summed E-state index contributed by atoms with van der Waals surface area (Å²) in [6, 6.07) is 14.1. The number of rotatable bonds is 3. The zero-order chi connectivity index (χ0) is 17.8. The Hall–Kier alpha value is -2.59. The number of fused-ring (bicyclic) bond motifs is 5. The molecule has 2 aromatic rings. The fourth-order valence-corrected chi connectivity index (χ4v) is 4.58. The molecular weight excluding hydrogens is 350 g/mol. The number of halogens is 1. The summed E-state index contributed by atoms with van der Waals surface area (Å²) in [4.78, 5) is 27.0. The first-order chi connectivity index (χ1) is 12.6. The van der Waals surface area contributed by atoms with E-state index in [0.29, 0.717) is 22.2 Å². The van der Waals surface area contributed by atoms with Crippen LogP contribution < -0.4 is 9.64 Å². The number of anilines is 1. The number of carbonyl (C=O) groups excluding carboxylic acids is 2. The van der Waals surface area contributed by atoms with Gasteiger partial charge in [0.05, 0.1) is 17.5 Å². The van der Waals surface area contributed by atoms with Crippen molar-refractivity contribution in [2.45, 2.75) is 6.42 Å². The van der Waals surface area contributed by atoms with Crippen LogP contribution in [0.15, 0.2) is 60.7 Å². The molecule has 0 N–H and O–H groups in total. The molecule has 26 heavy (non-hydrogen) atoms. The molecule has 0 radical (unpaired) electrons. The molecule has 4 atom stereocenters. The second-order valence-corrected chi connectivity index (χ2v) is 7.50. The van der Waals surface area contributed by atoms with Crippen molar-refractivity contribution in [1.29, 1.82) is 0 Å². The Balaban J connectivity index is 1.37. The van der Waals surface area contributed by atoms with E-state index in [0.717, 1.165) is 6.42 Å². The first kappa shape index (κ1) is 15.6. The Morgan fingerprint density at radius 3 is 1.85 bits per heavy atom. The van der Waals surface area contributed by atoms with Gasteiger partial charge in [-0.05, 0) is 66.8 Å². The minimum absolute atomic E-state index is 0.0665. The Labute approximate surface area is 156 Å². The second kappa shape index (κ2) is 5.71. The number of hydrogen-bond donors (Lipinski definition) is 0. The number of nitrogens with zero attached hydrogens (tertiary/aromatic N) is 1. The van der Waals surface area contributed by atoms with Gasteiger partial charge in [-0.1, -0.05) is 23.8 Å². The minimum Gasteiger partial charge on any atom is -0.457 e. The number of imide groups is 1. The summed E-state index contributed by atoms with van der Waals surface area (Å²) in [6.07, 6.45) is 5.14. The van der Waals surface area contributed by atoms with Gasteiger partial charge in [-0.2, -0.15) is 0 Å². The third-order valence-electron chi connectivity index (χ3n) is 5.61. The summed E-state index contributed by atoms with van der Waals surface area (Å²) in [5.74, 6) is 1.26. The van der Waals surface area contributed by atoms with Gasteiger partial charge in [0.15, 0.2) is 0 Å². The summed E-state index contributed by atoms with van der Waals surface area (Å²) in [6.45, 7) is 0. The maximum atomic E-state index is 12.8. The molecule has 130 valence electrons. The Bertz CT molecular complexity index is 889. The van der Waals surface area contributed by atoms with Crippen molar-refractivity contribution >= 4 is 29.1 Å². The van der Waals surface area contributed by atoms with Crippen LogP contribution in [0.4, 0.5) is 5.69 Å². The van der Waals surface area contributed by atoms with Gasteiger partial charge in [-0.3, -0.25) is 14.5 Å². The fourth-order valence-electron chi connectivity index (χ4n) is 4.46. The van der Waals surface area contributed by atoms with Crippen LogP contribution >= 0.6 is 11.6 Å². The number of carbonyl (C=O) groups is 2. The molecule has 2 aliphatic carbocycles. The summed E-state index contributed by atoms with van der Waals surface area (Å²) in [7, 11) is 0. The predicted octanol–water partition coefficient (Wildman–Crippen LogP) is 4.44. The molecule has 1 aliphatic heterocycles. The topological polar surface area (TPSA) is 46.6 Å². The zero-order valence-electron chi connectivity index (χ0n) is 13.8. The standard InChI is InChI=1S/C21H16ClNO3/c22-14-3-7-16(8-4-14)26-17-9-5-15(6-10-17)23-20(24)18-12-1-2-13(11-12)19(18)21(23)25/h1-10,12-13,18-19H,11H2/t12-,13-,18-,19+/m0/s1. The lowest BCUT2D eigenvalue weighted by Gasteiger charge is -2.17. The van der Waals surface area contributed by atoms with Crippen LogP contribution in [0.5, 0.6) is 11.5 Å². The van der Waals surface area contributed by atoms with E-state index in [1.807, 2.05) is 0 Å². The summed E-state index contributed by atoms with van der Waals surface area (Å²) in [5.41, 5.74) is 0.609. The van der Waals surface area contributed by atoms with E-state index in [1.54, 1.807) is 48.5 Å². The van der Waals surface area contributed by atoms with Crippen LogP contribution in [0.2, 0.25) is 5.02 Å². The lowest BCUT2D eigenvalue weighted by Crippen LogP contribution is -2.32. The van der Waals surface area contributed by atoms with Crippen molar-refractivity contribution < 1.29 is 14.3 Å². The fraction of sp³-hybridized carbons (Fsp3) is 0.238. The largest absolute Gasteiger partial charge is 0.457 e. The van der Waals surface area contributed by atoms with Crippen molar-refractivity contribution in [2.24, 2.45) is 23.7 Å². The maximum absolute atomic E-state index is 12.8. The highest BCUT2D eigenvalue weighted by molar-refractivity contribution is 6.30. The van der Waals surface area contributed by atoms with Crippen LogP contribution in [0.3, 0.4) is 0 Å². The van der Waals surface area contributed by atoms with Gasteiger partial charge >= 0.3 is 0 Å². The van der Waals surface area contributed by atoms with Crippen LogP contribution in [0.25, 0.3) is 0 Å². The molecule has 1 saturated heterocycles. The molecule has 1 saturated carbocycles. The molecule has 1 heterocycles. The molecule has 0 aromatic heterocycles. The minimum atomic E-state index is -0.178. The molecule has 2 bridgehead atoms. The van der Waals surface area contributed by atoms with E-state index in [2.05, 4.69) is 12.2 Å². The monoisotopic (exact) mass is 365 g/mol. The van der Waals surface area contributed by atoms with Gasteiger partial charge < -0.3 is 4.74 Å². The van der Waals surface area contributed by atoms with Crippen LogP contribution in [0.1, 0.15) is 6.42 Å². The van der Waals surface area contributed by atoms with Crippen LogP contribution in [-0.4, -0.2) is 11.8 Å². The zero-order valence-corrected chi connectivity index (χ0v) is 14.6. The Morgan fingerprint density at radius 1 is 0.808 bits per heavy atom. The van der Waals surface area contributed by atoms with Gasteiger partial charge in [0.25, 0.3) is 0 Å². The van der Waals surface area contributed by atoms with Gasteiger partial charge in [-0.25, -0.2) is 0 Å². The average molecular weight is 366 g/mol. The molecule has 5 heteroatoms. The molecule has 5 rings (SSSR count). The average Bonchev–Trinajstić information content (AvgIpc) is 3.32. The first-order valence-electron chi connectivity index (χ1n) is 8.71. The van der Waals surface area contributed by atoms with E-state index in [9.17, 15) is 9.59 Å². The van der Waals surface area contributed by atoms with Crippen molar-refractivity contribution in [1.82, 2.24) is 0 Å². The van der Waals surface area contributed by atoms with Gasteiger partial charge in [-0.15, -0.1) is 0 Å². The van der Waals surface area contributed by atoms with Gasteiger partial charge in [0.2, 0.25) is 11.8 Å². The Morgan fingerprint density at radius 2 is 1.31 bits per heavy atom. The van der Waals surface area contributed by atoms with Crippen LogP contribution in [0, 0.1) is 23.7 Å². The smallest absolute Gasteiger partial charge is 0.238 e. The third-order valence-corrected chi connectivity index (χ3v) is 5.87. The maximum Gasteiger partial charge on any atom is 0.238 e. The van der Waals surface area contributed by atoms with Crippen molar-refractivity contribution in [3.63, 3.8) is 0 Å². The number of allylic oxidation sites excluding steroid dienone is 2. The SMILES string of the molecule is O=C1[C@@H]2[C@H](C(=O)N1c1ccc(Oc3ccc(Cl)cc3)cc1)[C@H]1C=C[C@H]2C1. The molecule has 2 aromatic carbocycles. The lowest BCUT2D eigenvalue weighted by atomic mass is 9.85. The van der Waals surface area contributed by atoms with Gasteiger partial charge in [0.1, 0.15) is 11.5 Å². The highest BCUT2D eigenvalue weighted by Crippen LogP contribution is 2.53. The number of hydrogen-bond acceptors (Lipinski definition) is 3. The number of ether oxygens (including phenoxy) is 1. The first-order valence-corrected chi connectivity index (χ1v) is 9.09.